The molecule has 0 bridgehead atoms. The Hall–Kier alpha value is -4.43. The number of hydrogen-bond acceptors (Lipinski definition) is 8. The van der Waals surface area contributed by atoms with E-state index in [4.69, 9.17) is 11.6 Å². The average Bonchev–Trinajstić information content (AvgIpc) is 3.49. The van der Waals surface area contributed by atoms with Gasteiger partial charge in [0.15, 0.2) is 5.82 Å². The lowest BCUT2D eigenvalue weighted by Crippen LogP contribution is -2.29. The highest BCUT2D eigenvalue weighted by Gasteiger charge is 2.53. The number of fused-ring (bicyclic) bond motifs is 1. The van der Waals surface area contributed by atoms with Crippen LogP contribution in [-0.4, -0.2) is 59.8 Å². The van der Waals surface area contributed by atoms with Gasteiger partial charge in [-0.3, -0.25) is 24.2 Å². The predicted octanol–water partition coefficient (Wildman–Crippen LogP) is 3.99. The normalized spacial score (nSPS) is 18.4. The maximum absolute atomic E-state index is 14.8. The molecule has 2 fully saturated rings. The van der Waals surface area contributed by atoms with Gasteiger partial charge in [-0.1, -0.05) is 17.7 Å². The first-order valence-electron chi connectivity index (χ1n) is 12.9. The van der Waals surface area contributed by atoms with Crippen LogP contribution in [0.25, 0.3) is 11.3 Å². The Labute approximate surface area is 241 Å². The molecule has 1 saturated heterocycles. The molecule has 4 aromatic rings. The number of nitrogens with zero attached hydrogens (tertiary/aromatic N) is 7. The third-order valence-corrected chi connectivity index (χ3v) is 7.64. The smallest absolute Gasteiger partial charge is 0.276 e. The van der Waals surface area contributed by atoms with Gasteiger partial charge in [0.2, 0.25) is 11.9 Å². The summed E-state index contributed by atoms with van der Waals surface area (Å²) in [4.78, 5) is 43.8. The van der Waals surface area contributed by atoms with Gasteiger partial charge in [0, 0.05) is 47.7 Å². The molecule has 1 saturated carbocycles. The maximum Gasteiger partial charge on any atom is 0.276 e. The number of carbonyl (C=O) groups excluding carboxylic acids is 2. The van der Waals surface area contributed by atoms with Crippen molar-refractivity contribution in [1.82, 2.24) is 29.7 Å². The number of amides is 2. The van der Waals surface area contributed by atoms with Crippen LogP contribution in [0.5, 0.6) is 0 Å². The molecule has 216 valence electrons. The highest BCUT2D eigenvalue weighted by atomic mass is 35.5. The van der Waals surface area contributed by atoms with Gasteiger partial charge < -0.3 is 10.4 Å². The van der Waals surface area contributed by atoms with Gasteiger partial charge in [0.1, 0.15) is 11.7 Å². The van der Waals surface area contributed by atoms with Gasteiger partial charge in [-0.2, -0.15) is 5.10 Å². The molecule has 4 heterocycles. The zero-order valence-electron chi connectivity index (χ0n) is 21.9. The number of rotatable bonds is 8. The van der Waals surface area contributed by atoms with E-state index in [0.29, 0.717) is 24.0 Å². The maximum atomic E-state index is 14.8. The van der Waals surface area contributed by atoms with Gasteiger partial charge in [-0.15, -0.1) is 0 Å². The SMILES string of the molecule is Cc1ncc(-c2c(C(F)F)ccc(Cl)c2F)nc1C(=O)Nc1cnn(C(CO)c2cnc(N3C[C@H]4C[C@H]4C3=O)nc2)c1. The minimum Gasteiger partial charge on any atom is -0.394 e. The number of carbonyl (C=O) groups is 2. The molecule has 1 aromatic carbocycles. The molecule has 3 aromatic heterocycles. The average molecular weight is 599 g/mol. The molecule has 1 unspecified atom stereocenters. The first-order chi connectivity index (χ1) is 20.2. The highest BCUT2D eigenvalue weighted by Crippen LogP contribution is 2.46. The van der Waals surface area contributed by atoms with Gasteiger partial charge >= 0.3 is 0 Å². The minimum absolute atomic E-state index is 0.0246. The van der Waals surface area contributed by atoms with E-state index >= 15 is 0 Å². The van der Waals surface area contributed by atoms with Crippen molar-refractivity contribution in [1.29, 1.82) is 0 Å². The minimum atomic E-state index is -3.02. The van der Waals surface area contributed by atoms with E-state index in [1.165, 1.54) is 36.4 Å². The molecule has 42 heavy (non-hydrogen) atoms. The third-order valence-electron chi connectivity index (χ3n) is 7.35. The number of hydrogen-bond donors (Lipinski definition) is 2. The summed E-state index contributed by atoms with van der Waals surface area (Å²) < 4.78 is 43.4. The van der Waals surface area contributed by atoms with E-state index in [-0.39, 0.29) is 46.2 Å². The molecular formula is C27H22ClF3N8O3. The molecule has 2 amide bonds. The third kappa shape index (κ3) is 4.96. The van der Waals surface area contributed by atoms with Crippen LogP contribution in [-0.2, 0) is 4.79 Å². The predicted molar refractivity (Wildman–Crippen MR) is 144 cm³/mol. The second-order valence-electron chi connectivity index (χ2n) is 10.0. The summed E-state index contributed by atoms with van der Waals surface area (Å²) in [6.07, 6.45) is 4.79. The Morgan fingerprint density at radius 1 is 1.19 bits per heavy atom. The number of aromatic nitrogens is 6. The first kappa shape index (κ1) is 27.7. The summed E-state index contributed by atoms with van der Waals surface area (Å²) in [7, 11) is 0. The Balaban J connectivity index is 1.21. The monoisotopic (exact) mass is 598 g/mol. The second kappa shape index (κ2) is 10.8. The quantitative estimate of drug-likeness (QED) is 0.310. The Morgan fingerprint density at radius 2 is 1.95 bits per heavy atom. The molecule has 1 aliphatic heterocycles. The molecule has 2 N–H and O–H groups in total. The largest absolute Gasteiger partial charge is 0.394 e. The molecule has 1 aliphatic carbocycles. The van der Waals surface area contributed by atoms with Gasteiger partial charge in [-0.25, -0.2) is 28.1 Å². The number of halogens is 4. The molecule has 0 spiro atoms. The zero-order valence-corrected chi connectivity index (χ0v) is 22.6. The van der Waals surface area contributed by atoms with Crippen molar-refractivity contribution in [2.75, 3.05) is 23.4 Å². The molecule has 15 heteroatoms. The van der Waals surface area contributed by atoms with Crippen LogP contribution < -0.4 is 10.2 Å². The molecular weight excluding hydrogens is 577 g/mol. The second-order valence-corrected chi connectivity index (χ2v) is 10.5. The van der Waals surface area contributed by atoms with Gasteiger partial charge in [-0.05, 0) is 25.3 Å². The Bertz CT molecular complexity index is 1700. The fraction of sp³-hybridized carbons (Fsp3) is 0.296. The van der Waals surface area contributed by atoms with Crippen LogP contribution in [0.1, 0.15) is 46.2 Å². The van der Waals surface area contributed by atoms with Crippen molar-refractivity contribution in [3.8, 4) is 11.3 Å². The van der Waals surface area contributed by atoms with E-state index in [2.05, 4.69) is 30.4 Å². The van der Waals surface area contributed by atoms with Crippen LogP contribution in [0.3, 0.4) is 0 Å². The number of benzene rings is 1. The molecule has 3 atom stereocenters. The van der Waals surface area contributed by atoms with E-state index in [1.807, 2.05) is 0 Å². The summed E-state index contributed by atoms with van der Waals surface area (Å²) in [6.45, 7) is 1.72. The van der Waals surface area contributed by atoms with Crippen LogP contribution in [0.2, 0.25) is 5.02 Å². The van der Waals surface area contributed by atoms with Crippen molar-refractivity contribution in [2.24, 2.45) is 11.8 Å². The van der Waals surface area contributed by atoms with E-state index in [1.54, 1.807) is 4.90 Å². The van der Waals surface area contributed by atoms with E-state index in [9.17, 15) is 27.9 Å². The highest BCUT2D eigenvalue weighted by molar-refractivity contribution is 6.31. The van der Waals surface area contributed by atoms with E-state index < -0.39 is 35.3 Å². The van der Waals surface area contributed by atoms with Crippen LogP contribution in [0, 0.1) is 24.6 Å². The number of alkyl halides is 2. The van der Waals surface area contributed by atoms with Crippen molar-refractivity contribution in [3.05, 3.63) is 76.5 Å². The van der Waals surface area contributed by atoms with Crippen LogP contribution in [0.15, 0.2) is 43.1 Å². The number of aryl methyl sites for hydroxylation is 1. The Morgan fingerprint density at radius 3 is 2.62 bits per heavy atom. The topological polar surface area (TPSA) is 139 Å². The summed E-state index contributed by atoms with van der Waals surface area (Å²) in [5.74, 6) is -1.08. The standard InChI is InChI=1S/C27H22ClF3N8O3/c1-12-23(37-19(8-32-12)21-16(24(30)31)2-3-18(28)22(21)29)25(41)36-15-7-35-39(10-15)20(11-40)14-5-33-27(34-6-14)38-9-13-4-17(13)26(38)42/h2-3,5-8,10,13,17,20,24,40H,4,9,11H2,1H3,(H,36,41)/t13-,17-,20?/m1/s1. The molecule has 6 rings (SSSR count). The van der Waals surface area contributed by atoms with Crippen LogP contribution >= 0.6 is 11.6 Å². The lowest BCUT2D eigenvalue weighted by Gasteiger charge is -2.18. The molecule has 11 nitrogen and oxygen atoms in total. The van der Waals surface area contributed by atoms with Crippen LogP contribution in [0.4, 0.5) is 24.8 Å². The summed E-state index contributed by atoms with van der Waals surface area (Å²) in [6, 6.07) is 1.31. The zero-order chi connectivity index (χ0) is 29.7. The van der Waals surface area contributed by atoms with Crippen molar-refractivity contribution in [3.63, 3.8) is 0 Å². The number of aliphatic hydroxyl groups excluding tert-OH is 1. The first-order valence-corrected chi connectivity index (χ1v) is 13.2. The van der Waals surface area contributed by atoms with Crippen molar-refractivity contribution in [2.45, 2.75) is 25.8 Å². The Kier molecular flexibility index (Phi) is 7.10. The fourth-order valence-corrected chi connectivity index (χ4v) is 5.15. The summed E-state index contributed by atoms with van der Waals surface area (Å²) in [5, 5.41) is 16.5. The fourth-order valence-electron chi connectivity index (χ4n) is 5.00. The summed E-state index contributed by atoms with van der Waals surface area (Å²) >= 11 is 5.82. The number of anilines is 2. The number of nitrogens with one attached hydrogen (secondary N) is 1. The van der Waals surface area contributed by atoms with Gasteiger partial charge in [0.05, 0.1) is 41.1 Å². The lowest BCUT2D eigenvalue weighted by molar-refractivity contribution is -0.118. The molecule has 2 aliphatic rings. The summed E-state index contributed by atoms with van der Waals surface area (Å²) in [5.41, 5.74) is -0.776. The number of aliphatic hydroxyl groups is 1. The van der Waals surface area contributed by atoms with E-state index in [0.717, 1.165) is 24.8 Å². The van der Waals surface area contributed by atoms with Gasteiger partial charge in [0.25, 0.3) is 12.3 Å². The van der Waals surface area contributed by atoms with Crippen molar-refractivity contribution < 1.29 is 27.9 Å². The number of piperidine rings is 1. The molecule has 0 radical (unpaired) electrons. The lowest BCUT2D eigenvalue weighted by atomic mass is 10.0. The van der Waals surface area contributed by atoms with Crippen molar-refractivity contribution >= 4 is 35.1 Å².